The molecule has 5 nitrogen and oxygen atoms in total. The van der Waals surface area contributed by atoms with Gasteiger partial charge in [0.25, 0.3) is 0 Å². The second-order valence-corrected chi connectivity index (χ2v) is 6.78. The Bertz CT molecular complexity index is 654. The lowest BCUT2D eigenvalue weighted by Gasteiger charge is -2.32. The molecule has 3 rings (SSSR count). The first-order chi connectivity index (χ1) is 10.5. The van der Waals surface area contributed by atoms with Crippen molar-refractivity contribution in [3.05, 3.63) is 36.5 Å². The number of aliphatic hydroxyl groups is 1. The highest BCUT2D eigenvalue weighted by atomic mass is 32.2. The lowest BCUT2D eigenvalue weighted by Crippen LogP contribution is -2.41. The minimum atomic E-state index is -0.973. The number of thioether (sulfide) groups is 1. The van der Waals surface area contributed by atoms with Crippen LogP contribution in [0.15, 0.2) is 41.7 Å². The minimum absolute atomic E-state index is 0.0626. The van der Waals surface area contributed by atoms with Gasteiger partial charge in [0.05, 0.1) is 23.9 Å². The Morgan fingerprint density at radius 2 is 2.23 bits per heavy atom. The summed E-state index contributed by atoms with van der Waals surface area (Å²) in [6, 6.07) is 9.96. The number of carbonyl (C=O) groups excluding carboxylic acids is 1. The molecule has 22 heavy (non-hydrogen) atoms. The van der Waals surface area contributed by atoms with E-state index in [-0.39, 0.29) is 18.5 Å². The fourth-order valence-corrected chi connectivity index (χ4v) is 3.39. The maximum atomic E-state index is 11.5. The molecule has 1 saturated heterocycles. The molecule has 116 valence electrons. The topological polar surface area (TPSA) is 75.2 Å². The van der Waals surface area contributed by atoms with Gasteiger partial charge >= 0.3 is 5.97 Å². The third kappa shape index (κ3) is 3.69. The second-order valence-electron chi connectivity index (χ2n) is 5.77. The maximum absolute atomic E-state index is 11.5. The van der Waals surface area contributed by atoms with E-state index < -0.39 is 5.60 Å². The van der Waals surface area contributed by atoms with Crippen molar-refractivity contribution in [1.29, 1.82) is 0 Å². The molecule has 2 N–H and O–H groups in total. The fraction of sp³-hybridized carbons (Fsp3) is 0.375. The summed E-state index contributed by atoms with van der Waals surface area (Å²) in [5.41, 5.74) is 1.06. The number of esters is 1. The summed E-state index contributed by atoms with van der Waals surface area (Å²) in [5.74, 6) is 0.232. The van der Waals surface area contributed by atoms with Gasteiger partial charge in [-0.3, -0.25) is 4.79 Å². The number of carbonyl (C=O) groups is 1. The highest BCUT2D eigenvalue weighted by molar-refractivity contribution is 7.99. The third-order valence-corrected chi connectivity index (χ3v) is 4.55. The predicted octanol–water partition coefficient (Wildman–Crippen LogP) is 2.63. The predicted molar refractivity (Wildman–Crippen MR) is 84.5 cm³/mol. The average Bonchev–Trinajstić information content (AvgIpc) is 2.93. The summed E-state index contributed by atoms with van der Waals surface area (Å²) in [6.07, 6.45) is 2.03. The molecule has 1 aliphatic heterocycles. The largest absolute Gasteiger partial charge is 0.461 e. The Kier molecular flexibility index (Phi) is 4.22. The molecule has 2 atom stereocenters. The van der Waals surface area contributed by atoms with Gasteiger partial charge in [-0.2, -0.15) is 0 Å². The second kappa shape index (κ2) is 6.14. The molecule has 2 heterocycles. The number of nitrogens with one attached hydrogen (secondary N) is 1. The summed E-state index contributed by atoms with van der Waals surface area (Å²) in [7, 11) is 0. The van der Waals surface area contributed by atoms with Crippen LogP contribution in [0.1, 0.15) is 19.8 Å². The lowest BCUT2D eigenvalue weighted by molar-refractivity contribution is -0.165. The van der Waals surface area contributed by atoms with Crippen molar-refractivity contribution in [1.82, 2.24) is 9.97 Å². The van der Waals surface area contributed by atoms with Crippen LogP contribution in [-0.2, 0) is 9.53 Å². The first kappa shape index (κ1) is 15.1. The number of hydrogen-bond acceptors (Lipinski definition) is 5. The van der Waals surface area contributed by atoms with Gasteiger partial charge in [-0.1, -0.05) is 42.1 Å². The average molecular weight is 318 g/mol. The van der Waals surface area contributed by atoms with Crippen molar-refractivity contribution in [2.75, 3.05) is 5.75 Å². The van der Waals surface area contributed by atoms with Crippen LogP contribution in [0.4, 0.5) is 0 Å². The molecule has 1 fully saturated rings. The number of ether oxygens (including phenoxy) is 1. The number of nitrogens with zero attached hydrogens (tertiary/aromatic N) is 1. The van der Waals surface area contributed by atoms with Crippen molar-refractivity contribution >= 4 is 17.7 Å². The number of H-pyrrole nitrogens is 1. The Morgan fingerprint density at radius 1 is 1.45 bits per heavy atom. The molecule has 1 aromatic carbocycles. The van der Waals surface area contributed by atoms with E-state index in [1.165, 1.54) is 11.8 Å². The fourth-order valence-electron chi connectivity index (χ4n) is 2.55. The molecule has 0 aliphatic carbocycles. The molecule has 2 aromatic rings. The molecule has 6 heteroatoms. The SMILES string of the molecule is C[C@]1(O)CC(=O)O[C@H](CSc2ncc(-c3ccccc3)[nH]2)C1. The Balaban J connectivity index is 1.60. The number of hydrogen-bond donors (Lipinski definition) is 2. The normalized spacial score (nSPS) is 25.0. The molecule has 0 saturated carbocycles. The number of benzene rings is 1. The molecular formula is C16H18N2O3S. The quantitative estimate of drug-likeness (QED) is 0.669. The monoisotopic (exact) mass is 318 g/mol. The smallest absolute Gasteiger partial charge is 0.309 e. The van der Waals surface area contributed by atoms with Crippen LogP contribution in [0.2, 0.25) is 0 Å². The molecule has 1 aliphatic rings. The van der Waals surface area contributed by atoms with Crippen LogP contribution >= 0.6 is 11.8 Å². The van der Waals surface area contributed by atoms with Crippen LogP contribution in [0.5, 0.6) is 0 Å². The molecule has 0 unspecified atom stereocenters. The van der Waals surface area contributed by atoms with E-state index in [1.54, 1.807) is 13.1 Å². The lowest BCUT2D eigenvalue weighted by atomic mass is 9.93. The zero-order valence-corrected chi connectivity index (χ0v) is 13.1. The number of rotatable bonds is 4. The standard InChI is InChI=1S/C16H18N2O3S/c1-16(20)7-12(21-14(19)8-16)10-22-15-17-9-13(18-15)11-5-3-2-4-6-11/h2-6,9,12,20H,7-8,10H2,1H3,(H,17,18)/t12-,16+/m0/s1. The highest BCUT2D eigenvalue weighted by Crippen LogP contribution is 2.29. The molecule has 1 aromatic heterocycles. The van der Waals surface area contributed by atoms with Crippen LogP contribution in [0.25, 0.3) is 11.3 Å². The van der Waals surface area contributed by atoms with Crippen molar-refractivity contribution in [2.24, 2.45) is 0 Å². The minimum Gasteiger partial charge on any atom is -0.461 e. The van der Waals surface area contributed by atoms with Crippen molar-refractivity contribution in [3.63, 3.8) is 0 Å². The summed E-state index contributed by atoms with van der Waals surface area (Å²) in [4.78, 5) is 19.1. The van der Waals surface area contributed by atoms with Crippen molar-refractivity contribution in [3.8, 4) is 11.3 Å². The van der Waals surface area contributed by atoms with Crippen LogP contribution in [0, 0.1) is 0 Å². The summed E-state index contributed by atoms with van der Waals surface area (Å²) >= 11 is 1.49. The molecule has 0 amide bonds. The number of aromatic nitrogens is 2. The zero-order valence-electron chi connectivity index (χ0n) is 12.3. The Hall–Kier alpha value is -1.79. The summed E-state index contributed by atoms with van der Waals surface area (Å²) < 4.78 is 5.27. The van der Waals surface area contributed by atoms with E-state index in [0.717, 1.165) is 16.4 Å². The first-order valence-electron chi connectivity index (χ1n) is 7.17. The van der Waals surface area contributed by atoms with E-state index in [0.29, 0.717) is 12.2 Å². The van der Waals surface area contributed by atoms with Gasteiger partial charge in [-0.15, -0.1) is 0 Å². The number of aromatic amines is 1. The van der Waals surface area contributed by atoms with Crippen LogP contribution in [0.3, 0.4) is 0 Å². The van der Waals surface area contributed by atoms with E-state index in [2.05, 4.69) is 9.97 Å². The molecular weight excluding hydrogens is 300 g/mol. The van der Waals surface area contributed by atoms with E-state index >= 15 is 0 Å². The number of imidazole rings is 1. The van der Waals surface area contributed by atoms with E-state index in [4.69, 9.17) is 4.74 Å². The first-order valence-corrected chi connectivity index (χ1v) is 8.15. The summed E-state index contributed by atoms with van der Waals surface area (Å²) in [6.45, 7) is 1.67. The van der Waals surface area contributed by atoms with Gasteiger partial charge in [0.1, 0.15) is 6.10 Å². The molecule has 0 spiro atoms. The van der Waals surface area contributed by atoms with Crippen LogP contribution in [-0.4, -0.2) is 38.5 Å². The maximum Gasteiger partial charge on any atom is 0.309 e. The zero-order chi connectivity index (χ0) is 15.6. The van der Waals surface area contributed by atoms with Gasteiger partial charge < -0.3 is 14.8 Å². The Morgan fingerprint density at radius 3 is 2.95 bits per heavy atom. The van der Waals surface area contributed by atoms with Crippen molar-refractivity contribution in [2.45, 2.75) is 36.6 Å². The van der Waals surface area contributed by atoms with Crippen molar-refractivity contribution < 1.29 is 14.6 Å². The highest BCUT2D eigenvalue weighted by Gasteiger charge is 2.36. The van der Waals surface area contributed by atoms with Gasteiger partial charge in [0.15, 0.2) is 5.16 Å². The van der Waals surface area contributed by atoms with Gasteiger partial charge in [0, 0.05) is 12.2 Å². The van der Waals surface area contributed by atoms with E-state index in [1.807, 2.05) is 30.3 Å². The van der Waals surface area contributed by atoms with Gasteiger partial charge in [-0.25, -0.2) is 4.98 Å². The molecule has 0 radical (unpaired) electrons. The van der Waals surface area contributed by atoms with E-state index in [9.17, 15) is 9.90 Å². The Labute approximate surface area is 133 Å². The van der Waals surface area contributed by atoms with Crippen LogP contribution < -0.4 is 0 Å². The van der Waals surface area contributed by atoms with Gasteiger partial charge in [0.2, 0.25) is 0 Å². The molecule has 0 bridgehead atoms. The number of cyclic esters (lactones) is 1. The third-order valence-electron chi connectivity index (χ3n) is 3.53. The summed E-state index contributed by atoms with van der Waals surface area (Å²) in [5, 5.41) is 10.8. The van der Waals surface area contributed by atoms with Gasteiger partial charge in [-0.05, 0) is 12.5 Å².